The summed E-state index contributed by atoms with van der Waals surface area (Å²) < 4.78 is 22.0. The average Bonchev–Trinajstić information content (AvgIpc) is 3.22. The number of halogens is 2. The second-order valence-corrected chi connectivity index (χ2v) is 7.58. The van der Waals surface area contributed by atoms with Crippen LogP contribution in [0.4, 0.5) is 0 Å². The fraction of sp³-hybridized carbons (Fsp3) is 0.182. The molecule has 2 heterocycles. The van der Waals surface area contributed by atoms with Crippen LogP contribution in [-0.4, -0.2) is 31.5 Å². The first-order valence-corrected chi connectivity index (χ1v) is 10.1. The SMILES string of the molecule is COc1cc(-c2[nH]nc3c2[C@@H](c2cccc(Cl)c2Cl)C(C#N)=C(N)O3)cc(OC)c1OC. The molecule has 0 fully saturated rings. The van der Waals surface area contributed by atoms with Crippen molar-refractivity contribution in [3.05, 3.63) is 63.0 Å². The van der Waals surface area contributed by atoms with Crippen LogP contribution in [-0.2, 0) is 0 Å². The van der Waals surface area contributed by atoms with Gasteiger partial charge in [-0.25, -0.2) is 0 Å². The molecule has 3 aromatic rings. The van der Waals surface area contributed by atoms with Gasteiger partial charge in [0.25, 0.3) is 0 Å². The summed E-state index contributed by atoms with van der Waals surface area (Å²) in [5, 5.41) is 17.8. The smallest absolute Gasteiger partial charge is 0.244 e. The third-order valence-corrected chi connectivity index (χ3v) is 6.02. The van der Waals surface area contributed by atoms with Crippen molar-refractivity contribution in [2.75, 3.05) is 21.3 Å². The number of aromatic nitrogens is 2. The van der Waals surface area contributed by atoms with E-state index >= 15 is 0 Å². The highest BCUT2D eigenvalue weighted by molar-refractivity contribution is 6.42. The molecular weight excluding hydrogens is 455 g/mol. The Kier molecular flexibility index (Phi) is 5.78. The van der Waals surface area contributed by atoms with Gasteiger partial charge in [-0.2, -0.15) is 5.26 Å². The lowest BCUT2D eigenvalue weighted by Gasteiger charge is -2.25. The molecule has 3 N–H and O–H groups in total. The fourth-order valence-corrected chi connectivity index (χ4v) is 4.16. The van der Waals surface area contributed by atoms with Crippen molar-refractivity contribution in [1.82, 2.24) is 10.2 Å². The second-order valence-electron chi connectivity index (χ2n) is 6.80. The van der Waals surface area contributed by atoms with Crippen molar-refractivity contribution >= 4 is 23.2 Å². The third kappa shape index (κ3) is 3.36. The monoisotopic (exact) mass is 472 g/mol. The zero-order valence-corrected chi connectivity index (χ0v) is 18.8. The van der Waals surface area contributed by atoms with Gasteiger partial charge < -0.3 is 24.7 Å². The van der Waals surface area contributed by atoms with Crippen LogP contribution < -0.4 is 24.7 Å². The van der Waals surface area contributed by atoms with Gasteiger partial charge in [-0.1, -0.05) is 35.3 Å². The zero-order chi connectivity index (χ0) is 23.0. The highest BCUT2D eigenvalue weighted by atomic mass is 35.5. The third-order valence-electron chi connectivity index (χ3n) is 5.18. The Morgan fingerprint density at radius 3 is 2.41 bits per heavy atom. The first kappa shape index (κ1) is 21.7. The summed E-state index contributed by atoms with van der Waals surface area (Å²) in [6.07, 6.45) is 0. The molecule has 0 radical (unpaired) electrons. The van der Waals surface area contributed by atoms with Gasteiger partial charge in [0, 0.05) is 5.56 Å². The molecule has 1 aliphatic rings. The number of nitrogens with two attached hydrogens (primary N) is 1. The quantitative estimate of drug-likeness (QED) is 0.555. The van der Waals surface area contributed by atoms with Crippen LogP contribution in [0.15, 0.2) is 41.8 Å². The number of rotatable bonds is 5. The predicted molar refractivity (Wildman–Crippen MR) is 119 cm³/mol. The average molecular weight is 473 g/mol. The number of fused-ring (bicyclic) bond motifs is 1. The Bertz CT molecular complexity index is 1250. The van der Waals surface area contributed by atoms with Crippen LogP contribution in [0.25, 0.3) is 11.3 Å². The van der Waals surface area contributed by atoms with Gasteiger partial charge in [0.05, 0.1) is 48.5 Å². The minimum absolute atomic E-state index is 0.0519. The molecule has 10 heteroatoms. The summed E-state index contributed by atoms with van der Waals surface area (Å²) >= 11 is 12.8. The van der Waals surface area contributed by atoms with E-state index in [-0.39, 0.29) is 17.3 Å². The maximum atomic E-state index is 9.88. The van der Waals surface area contributed by atoms with Gasteiger partial charge in [0.15, 0.2) is 11.5 Å². The number of nitrogens with zero attached hydrogens (tertiary/aromatic N) is 2. The van der Waals surface area contributed by atoms with E-state index in [1.807, 2.05) is 0 Å². The number of nitrogens with one attached hydrogen (secondary N) is 1. The van der Waals surface area contributed by atoms with Gasteiger partial charge >= 0.3 is 0 Å². The first-order chi connectivity index (χ1) is 15.4. The Morgan fingerprint density at radius 2 is 1.81 bits per heavy atom. The second kappa shape index (κ2) is 8.54. The standard InChI is InChI=1S/C22H18Cl2N4O4/c1-29-14-7-10(8-15(30-2)20(14)31-3)19-17-16(11-5-4-6-13(23)18(11)24)12(9-25)21(26)32-22(17)28-27-19/h4-8,16H,26H2,1-3H3,(H,27,28)/t16-/m0/s1. The Labute approximate surface area is 194 Å². The molecule has 0 unspecified atom stereocenters. The lowest BCUT2D eigenvalue weighted by molar-refractivity contribution is 0.324. The summed E-state index contributed by atoms with van der Waals surface area (Å²) in [5.41, 5.74) is 8.65. The number of allylic oxidation sites excluding steroid dienone is 1. The number of methoxy groups -OCH3 is 3. The Hall–Kier alpha value is -3.54. The van der Waals surface area contributed by atoms with Gasteiger partial charge in [-0.05, 0) is 23.8 Å². The maximum Gasteiger partial charge on any atom is 0.244 e. The molecule has 0 saturated carbocycles. The van der Waals surface area contributed by atoms with E-state index in [2.05, 4.69) is 16.3 Å². The molecule has 2 aromatic carbocycles. The van der Waals surface area contributed by atoms with Crippen molar-refractivity contribution < 1.29 is 18.9 Å². The Morgan fingerprint density at radius 1 is 1.12 bits per heavy atom. The van der Waals surface area contributed by atoms with Crippen molar-refractivity contribution in [2.24, 2.45) is 5.73 Å². The number of H-pyrrole nitrogens is 1. The highest BCUT2D eigenvalue weighted by Gasteiger charge is 2.37. The van der Waals surface area contributed by atoms with Crippen LogP contribution >= 0.6 is 23.2 Å². The topological polar surface area (TPSA) is 115 Å². The lowest BCUT2D eigenvalue weighted by atomic mass is 9.83. The fourth-order valence-electron chi connectivity index (χ4n) is 3.74. The number of hydrogen-bond acceptors (Lipinski definition) is 7. The van der Waals surface area contributed by atoms with Crippen molar-refractivity contribution in [1.29, 1.82) is 5.26 Å². The molecule has 0 saturated heterocycles. The highest BCUT2D eigenvalue weighted by Crippen LogP contribution is 2.50. The van der Waals surface area contributed by atoms with Crippen LogP contribution in [0.1, 0.15) is 17.0 Å². The number of aromatic amines is 1. The summed E-state index contributed by atoms with van der Waals surface area (Å²) in [6.45, 7) is 0. The minimum Gasteiger partial charge on any atom is -0.493 e. The summed E-state index contributed by atoms with van der Waals surface area (Å²) in [4.78, 5) is 0. The van der Waals surface area contributed by atoms with Crippen LogP contribution in [0.3, 0.4) is 0 Å². The molecule has 164 valence electrons. The van der Waals surface area contributed by atoms with Crippen molar-refractivity contribution in [2.45, 2.75) is 5.92 Å². The van der Waals surface area contributed by atoms with Crippen LogP contribution in [0, 0.1) is 11.3 Å². The Balaban J connectivity index is 1.99. The maximum absolute atomic E-state index is 9.88. The van der Waals surface area contributed by atoms with E-state index in [1.165, 1.54) is 21.3 Å². The molecule has 1 atom stereocenters. The van der Waals surface area contributed by atoms with E-state index in [9.17, 15) is 5.26 Å². The van der Waals surface area contributed by atoms with E-state index in [4.69, 9.17) is 47.9 Å². The van der Waals surface area contributed by atoms with Crippen LogP contribution in [0.2, 0.25) is 10.0 Å². The predicted octanol–water partition coefficient (Wildman–Crippen LogP) is 4.63. The number of nitriles is 1. The normalized spacial score (nSPS) is 14.9. The number of hydrogen-bond donors (Lipinski definition) is 2. The molecule has 0 bridgehead atoms. The first-order valence-electron chi connectivity index (χ1n) is 9.35. The molecular formula is C22H18Cl2N4O4. The van der Waals surface area contributed by atoms with Crippen molar-refractivity contribution in [3.8, 4) is 40.5 Å². The minimum atomic E-state index is -0.664. The molecule has 1 aliphatic heterocycles. The molecule has 1 aromatic heterocycles. The lowest BCUT2D eigenvalue weighted by Crippen LogP contribution is -2.21. The summed E-state index contributed by atoms with van der Waals surface area (Å²) in [5.74, 6) is 0.863. The van der Waals surface area contributed by atoms with Gasteiger partial charge in [0.1, 0.15) is 11.6 Å². The van der Waals surface area contributed by atoms with Gasteiger partial charge in [-0.15, -0.1) is 5.10 Å². The van der Waals surface area contributed by atoms with E-state index in [0.717, 1.165) is 0 Å². The van der Waals surface area contributed by atoms with E-state index in [0.29, 0.717) is 49.7 Å². The van der Waals surface area contributed by atoms with E-state index in [1.54, 1.807) is 30.3 Å². The van der Waals surface area contributed by atoms with Gasteiger partial charge in [-0.3, -0.25) is 5.10 Å². The van der Waals surface area contributed by atoms with Crippen molar-refractivity contribution in [3.63, 3.8) is 0 Å². The zero-order valence-electron chi connectivity index (χ0n) is 17.3. The molecule has 8 nitrogen and oxygen atoms in total. The number of benzene rings is 2. The number of ether oxygens (including phenoxy) is 4. The molecule has 32 heavy (non-hydrogen) atoms. The van der Waals surface area contributed by atoms with E-state index < -0.39 is 5.92 Å². The largest absolute Gasteiger partial charge is 0.493 e. The van der Waals surface area contributed by atoms with Gasteiger partial charge in [0.2, 0.25) is 17.5 Å². The summed E-state index contributed by atoms with van der Waals surface area (Å²) in [6, 6.07) is 10.9. The molecule has 4 rings (SSSR count). The molecule has 0 aliphatic carbocycles. The van der Waals surface area contributed by atoms with Crippen LogP contribution in [0.5, 0.6) is 23.1 Å². The molecule has 0 spiro atoms. The molecule has 0 amide bonds. The summed E-state index contributed by atoms with van der Waals surface area (Å²) in [7, 11) is 4.58.